The summed E-state index contributed by atoms with van der Waals surface area (Å²) in [6.45, 7) is 10.8. The molecule has 2 heterocycles. The highest BCUT2D eigenvalue weighted by Crippen LogP contribution is 2.14. The lowest BCUT2D eigenvalue weighted by molar-refractivity contribution is 0.184. The molecule has 2 N–H and O–H groups in total. The summed E-state index contributed by atoms with van der Waals surface area (Å²) in [5.74, 6) is 0. The molecule has 1 fully saturated rings. The van der Waals surface area contributed by atoms with Gasteiger partial charge in [0.15, 0.2) is 0 Å². The maximum absolute atomic E-state index is 5.75. The van der Waals surface area contributed by atoms with E-state index >= 15 is 0 Å². The van der Waals surface area contributed by atoms with Crippen LogP contribution in [0.5, 0.6) is 0 Å². The van der Waals surface area contributed by atoms with Crippen molar-refractivity contribution in [3.05, 3.63) is 17.5 Å². The van der Waals surface area contributed by atoms with Gasteiger partial charge in [0.05, 0.1) is 11.4 Å². The Balaban J connectivity index is 1.90. The molecule has 0 saturated carbocycles. The molecule has 0 radical (unpaired) electrons. The Bertz CT molecular complexity index is 428. The number of nitrogens with zero attached hydrogens (tertiary/aromatic N) is 4. The largest absolute Gasteiger partial charge is 0.330 e. The van der Waals surface area contributed by atoms with Crippen molar-refractivity contribution in [2.45, 2.75) is 45.7 Å². The molecule has 1 aliphatic rings. The van der Waals surface area contributed by atoms with Crippen molar-refractivity contribution in [1.29, 1.82) is 0 Å². The molecule has 120 valence electrons. The second kappa shape index (κ2) is 7.92. The number of hydrogen-bond acceptors (Lipinski definition) is 4. The van der Waals surface area contributed by atoms with Gasteiger partial charge in [-0.1, -0.05) is 6.92 Å². The van der Waals surface area contributed by atoms with Crippen molar-refractivity contribution >= 4 is 0 Å². The molecule has 1 atom stereocenters. The van der Waals surface area contributed by atoms with Gasteiger partial charge < -0.3 is 5.73 Å². The Labute approximate surface area is 129 Å². The van der Waals surface area contributed by atoms with Crippen LogP contribution in [-0.4, -0.2) is 58.3 Å². The second-order valence-corrected chi connectivity index (χ2v) is 6.21. The highest BCUT2D eigenvalue weighted by atomic mass is 15.3. The molecule has 21 heavy (non-hydrogen) atoms. The fraction of sp³-hybridized carbons (Fsp3) is 0.812. The molecule has 0 bridgehead atoms. The van der Waals surface area contributed by atoms with Crippen LogP contribution in [0.15, 0.2) is 6.07 Å². The van der Waals surface area contributed by atoms with Crippen LogP contribution in [0.25, 0.3) is 0 Å². The fourth-order valence-corrected chi connectivity index (χ4v) is 3.39. The first kappa shape index (κ1) is 16.5. The van der Waals surface area contributed by atoms with Gasteiger partial charge in [-0.15, -0.1) is 0 Å². The van der Waals surface area contributed by atoms with Crippen LogP contribution >= 0.6 is 0 Å². The van der Waals surface area contributed by atoms with E-state index in [4.69, 9.17) is 5.73 Å². The predicted octanol–water partition coefficient (Wildman–Crippen LogP) is 1.36. The van der Waals surface area contributed by atoms with Crippen molar-refractivity contribution in [3.63, 3.8) is 0 Å². The van der Waals surface area contributed by atoms with Crippen LogP contribution in [0.3, 0.4) is 0 Å². The summed E-state index contributed by atoms with van der Waals surface area (Å²) < 4.78 is 2.02. The Morgan fingerprint density at radius 3 is 2.71 bits per heavy atom. The topological polar surface area (TPSA) is 50.3 Å². The molecule has 1 unspecified atom stereocenters. The first-order valence-electron chi connectivity index (χ1n) is 8.30. The summed E-state index contributed by atoms with van der Waals surface area (Å²) in [6, 6.07) is 2.86. The number of aromatic nitrogens is 2. The minimum absolute atomic E-state index is 0.661. The highest BCUT2D eigenvalue weighted by molar-refractivity contribution is 5.08. The van der Waals surface area contributed by atoms with Gasteiger partial charge in [0.1, 0.15) is 0 Å². The van der Waals surface area contributed by atoms with Crippen molar-refractivity contribution in [1.82, 2.24) is 19.6 Å². The molecule has 5 nitrogen and oxygen atoms in total. The summed E-state index contributed by atoms with van der Waals surface area (Å²) >= 11 is 0. The van der Waals surface area contributed by atoms with E-state index in [0.29, 0.717) is 6.04 Å². The maximum atomic E-state index is 5.75. The number of rotatable bonds is 6. The molecule has 1 aromatic heterocycles. The van der Waals surface area contributed by atoms with Gasteiger partial charge >= 0.3 is 0 Å². The first-order valence-corrected chi connectivity index (χ1v) is 8.30. The molecule has 5 heteroatoms. The third kappa shape index (κ3) is 4.53. The standard InChI is InChI=1S/C16H31N5/c1-4-15(6-7-17)21-9-5-8-20(10-11-21)13-16-12-14(2)18-19(16)3/h12,15H,4-11,13,17H2,1-3H3. The van der Waals surface area contributed by atoms with Gasteiger partial charge in [-0.05, 0) is 51.9 Å². The number of hydrogen-bond donors (Lipinski definition) is 1. The van der Waals surface area contributed by atoms with Gasteiger partial charge in [-0.25, -0.2) is 0 Å². The third-order valence-corrected chi connectivity index (χ3v) is 4.60. The Morgan fingerprint density at radius 1 is 1.29 bits per heavy atom. The Kier molecular flexibility index (Phi) is 6.21. The summed E-state index contributed by atoms with van der Waals surface area (Å²) in [6.07, 6.45) is 3.58. The Morgan fingerprint density at radius 2 is 2.10 bits per heavy atom. The van der Waals surface area contributed by atoms with E-state index in [2.05, 4.69) is 34.8 Å². The fourth-order valence-electron chi connectivity index (χ4n) is 3.39. The molecular weight excluding hydrogens is 262 g/mol. The molecule has 1 aromatic rings. The summed E-state index contributed by atoms with van der Waals surface area (Å²) in [5, 5.41) is 4.45. The zero-order valence-corrected chi connectivity index (χ0v) is 13.9. The lowest BCUT2D eigenvalue weighted by Crippen LogP contribution is -2.39. The first-order chi connectivity index (χ1) is 10.1. The van der Waals surface area contributed by atoms with Gasteiger partial charge in [-0.3, -0.25) is 14.5 Å². The smallest absolute Gasteiger partial charge is 0.0597 e. The lowest BCUT2D eigenvalue weighted by atomic mass is 10.1. The molecule has 0 spiro atoms. The van der Waals surface area contributed by atoms with E-state index < -0.39 is 0 Å². The van der Waals surface area contributed by atoms with Crippen LogP contribution in [0.4, 0.5) is 0 Å². The highest BCUT2D eigenvalue weighted by Gasteiger charge is 2.21. The van der Waals surface area contributed by atoms with Crippen LogP contribution in [0, 0.1) is 6.92 Å². The summed E-state index contributed by atoms with van der Waals surface area (Å²) in [5.41, 5.74) is 8.18. The van der Waals surface area contributed by atoms with Gasteiger partial charge in [0.25, 0.3) is 0 Å². The molecule has 0 aromatic carbocycles. The average molecular weight is 293 g/mol. The van der Waals surface area contributed by atoms with Crippen LogP contribution in [-0.2, 0) is 13.6 Å². The number of aryl methyl sites for hydroxylation is 2. The summed E-state index contributed by atoms with van der Waals surface area (Å²) in [4.78, 5) is 5.20. The van der Waals surface area contributed by atoms with Crippen LogP contribution in [0.1, 0.15) is 37.6 Å². The van der Waals surface area contributed by atoms with E-state index in [1.165, 1.54) is 31.6 Å². The molecule has 0 aliphatic carbocycles. The SMILES string of the molecule is CCC(CCN)N1CCCN(Cc2cc(C)nn2C)CC1. The normalized spacial score (nSPS) is 19.6. The van der Waals surface area contributed by atoms with Gasteiger partial charge in [0, 0.05) is 32.7 Å². The average Bonchev–Trinajstić information content (AvgIpc) is 2.66. The zero-order chi connectivity index (χ0) is 15.2. The van der Waals surface area contributed by atoms with Crippen LogP contribution in [0.2, 0.25) is 0 Å². The lowest BCUT2D eigenvalue weighted by Gasteiger charge is -2.29. The van der Waals surface area contributed by atoms with Crippen molar-refractivity contribution in [3.8, 4) is 0 Å². The van der Waals surface area contributed by atoms with Crippen molar-refractivity contribution in [2.24, 2.45) is 12.8 Å². The predicted molar refractivity (Wildman–Crippen MR) is 87.2 cm³/mol. The maximum Gasteiger partial charge on any atom is 0.0597 e. The van der Waals surface area contributed by atoms with E-state index in [0.717, 1.165) is 38.3 Å². The summed E-state index contributed by atoms with van der Waals surface area (Å²) in [7, 11) is 2.04. The second-order valence-electron chi connectivity index (χ2n) is 6.21. The monoisotopic (exact) mass is 293 g/mol. The Hall–Kier alpha value is -0.910. The van der Waals surface area contributed by atoms with E-state index in [9.17, 15) is 0 Å². The quantitative estimate of drug-likeness (QED) is 0.860. The molecule has 1 aliphatic heterocycles. The van der Waals surface area contributed by atoms with Crippen molar-refractivity contribution < 1.29 is 0 Å². The molecule has 2 rings (SSSR count). The van der Waals surface area contributed by atoms with E-state index in [1.54, 1.807) is 0 Å². The third-order valence-electron chi connectivity index (χ3n) is 4.60. The minimum atomic E-state index is 0.661. The minimum Gasteiger partial charge on any atom is -0.330 e. The number of nitrogens with two attached hydrogens (primary N) is 1. The molecule has 1 saturated heterocycles. The van der Waals surface area contributed by atoms with E-state index in [-0.39, 0.29) is 0 Å². The van der Waals surface area contributed by atoms with E-state index in [1.807, 2.05) is 11.7 Å². The molecule has 0 amide bonds. The molecular formula is C16H31N5. The zero-order valence-electron chi connectivity index (χ0n) is 13.9. The van der Waals surface area contributed by atoms with Crippen molar-refractivity contribution in [2.75, 3.05) is 32.7 Å². The van der Waals surface area contributed by atoms with Gasteiger partial charge in [0.2, 0.25) is 0 Å². The van der Waals surface area contributed by atoms with Gasteiger partial charge in [-0.2, -0.15) is 5.10 Å². The van der Waals surface area contributed by atoms with Crippen LogP contribution < -0.4 is 5.73 Å².